The van der Waals surface area contributed by atoms with Gasteiger partial charge < -0.3 is 14.8 Å². The fourth-order valence-electron chi connectivity index (χ4n) is 1.98. The average molecular weight is 416 g/mol. The zero-order valence-corrected chi connectivity index (χ0v) is 16.8. The SMILES string of the molecule is C=CCC(NC(=O)OC(C)(C)C)c1nc(Br)cn1C(=O)OCCCC. The lowest BCUT2D eigenvalue weighted by Gasteiger charge is -2.23. The number of imidazole rings is 1. The van der Waals surface area contributed by atoms with Crippen LogP contribution in [-0.2, 0) is 9.47 Å². The van der Waals surface area contributed by atoms with E-state index in [4.69, 9.17) is 9.47 Å². The fraction of sp³-hybridized carbons (Fsp3) is 0.588. The van der Waals surface area contributed by atoms with E-state index in [1.165, 1.54) is 10.8 Å². The Morgan fingerprint density at radius 1 is 1.48 bits per heavy atom. The molecular formula is C17H26BrN3O4. The van der Waals surface area contributed by atoms with Crippen molar-refractivity contribution in [3.8, 4) is 0 Å². The van der Waals surface area contributed by atoms with E-state index < -0.39 is 23.8 Å². The highest BCUT2D eigenvalue weighted by molar-refractivity contribution is 9.10. The van der Waals surface area contributed by atoms with E-state index >= 15 is 0 Å². The zero-order chi connectivity index (χ0) is 19.0. The minimum Gasteiger partial charge on any atom is -0.449 e. The van der Waals surface area contributed by atoms with Gasteiger partial charge in [0, 0.05) is 6.20 Å². The molecular weight excluding hydrogens is 390 g/mol. The van der Waals surface area contributed by atoms with Crippen LogP contribution in [0.25, 0.3) is 0 Å². The van der Waals surface area contributed by atoms with Crippen LogP contribution < -0.4 is 5.32 Å². The van der Waals surface area contributed by atoms with Crippen LogP contribution in [0.1, 0.15) is 58.8 Å². The van der Waals surface area contributed by atoms with E-state index in [0.29, 0.717) is 23.5 Å². The first kappa shape index (κ1) is 21.2. The van der Waals surface area contributed by atoms with Crippen LogP contribution in [0.4, 0.5) is 9.59 Å². The molecule has 25 heavy (non-hydrogen) atoms. The van der Waals surface area contributed by atoms with Gasteiger partial charge in [0.05, 0.1) is 12.6 Å². The molecule has 7 nitrogen and oxygen atoms in total. The number of amides is 1. The Hall–Kier alpha value is -1.83. The number of aromatic nitrogens is 2. The van der Waals surface area contributed by atoms with Gasteiger partial charge in [0.2, 0.25) is 0 Å². The number of unbranched alkanes of at least 4 members (excludes halogenated alkanes) is 1. The van der Waals surface area contributed by atoms with Crippen LogP contribution in [-0.4, -0.2) is 33.9 Å². The van der Waals surface area contributed by atoms with Gasteiger partial charge in [0.15, 0.2) is 0 Å². The molecule has 0 aliphatic rings. The van der Waals surface area contributed by atoms with E-state index in [-0.39, 0.29) is 0 Å². The summed E-state index contributed by atoms with van der Waals surface area (Å²) in [6, 6.07) is -0.572. The lowest BCUT2D eigenvalue weighted by atomic mass is 10.2. The van der Waals surface area contributed by atoms with E-state index in [1.807, 2.05) is 6.92 Å². The highest BCUT2D eigenvalue weighted by atomic mass is 79.9. The molecule has 8 heteroatoms. The summed E-state index contributed by atoms with van der Waals surface area (Å²) in [5.74, 6) is 0.346. The van der Waals surface area contributed by atoms with Crippen molar-refractivity contribution >= 4 is 28.1 Å². The smallest absolute Gasteiger partial charge is 0.419 e. The van der Waals surface area contributed by atoms with Crippen LogP contribution in [0.5, 0.6) is 0 Å². The lowest BCUT2D eigenvalue weighted by Crippen LogP contribution is -2.36. The molecule has 1 amide bonds. The van der Waals surface area contributed by atoms with Gasteiger partial charge in [-0.15, -0.1) is 6.58 Å². The van der Waals surface area contributed by atoms with Gasteiger partial charge in [0.25, 0.3) is 0 Å². The second-order valence-corrected chi connectivity index (χ2v) is 7.30. The molecule has 1 aromatic rings. The molecule has 0 spiro atoms. The van der Waals surface area contributed by atoms with Crippen LogP contribution in [0.3, 0.4) is 0 Å². The van der Waals surface area contributed by atoms with Gasteiger partial charge in [0.1, 0.15) is 16.0 Å². The number of alkyl carbamates (subject to hydrolysis) is 1. The fourth-order valence-corrected chi connectivity index (χ4v) is 2.36. The number of nitrogens with zero attached hydrogens (tertiary/aromatic N) is 2. The largest absolute Gasteiger partial charge is 0.449 e. The number of hydrogen-bond donors (Lipinski definition) is 1. The number of ether oxygens (including phenoxy) is 2. The minimum absolute atomic E-state index is 0.330. The molecule has 1 rings (SSSR count). The van der Waals surface area contributed by atoms with Crippen LogP contribution in [0.2, 0.25) is 0 Å². The highest BCUT2D eigenvalue weighted by Gasteiger charge is 2.25. The van der Waals surface area contributed by atoms with Crippen molar-refractivity contribution in [3.05, 3.63) is 29.3 Å². The number of rotatable bonds is 7. The van der Waals surface area contributed by atoms with Gasteiger partial charge in [-0.1, -0.05) is 19.4 Å². The molecule has 1 N–H and O–H groups in total. The summed E-state index contributed by atoms with van der Waals surface area (Å²) in [5, 5.41) is 2.72. The molecule has 0 aliphatic carbocycles. The third-order valence-corrected chi connectivity index (χ3v) is 3.41. The molecule has 0 saturated carbocycles. The third kappa shape index (κ3) is 7.29. The molecule has 0 bridgehead atoms. The molecule has 0 fully saturated rings. The monoisotopic (exact) mass is 415 g/mol. The number of carbonyl (C=O) groups is 2. The van der Waals surface area contributed by atoms with E-state index in [9.17, 15) is 9.59 Å². The molecule has 1 aromatic heterocycles. The normalized spacial score (nSPS) is 12.4. The average Bonchev–Trinajstić information content (AvgIpc) is 2.87. The molecule has 1 atom stereocenters. The maximum atomic E-state index is 12.3. The van der Waals surface area contributed by atoms with Crippen LogP contribution >= 0.6 is 15.9 Å². The second-order valence-electron chi connectivity index (χ2n) is 6.48. The van der Waals surface area contributed by atoms with Crippen molar-refractivity contribution in [1.82, 2.24) is 14.9 Å². The third-order valence-electron chi connectivity index (χ3n) is 3.03. The van der Waals surface area contributed by atoms with E-state index in [2.05, 4.69) is 32.8 Å². The number of halogens is 1. The van der Waals surface area contributed by atoms with Crippen molar-refractivity contribution in [3.63, 3.8) is 0 Å². The first-order valence-corrected chi connectivity index (χ1v) is 8.99. The number of carbonyl (C=O) groups excluding carboxylic acids is 2. The van der Waals surface area contributed by atoms with Gasteiger partial charge >= 0.3 is 12.2 Å². The Labute approximate surface area is 156 Å². The molecule has 1 heterocycles. The maximum Gasteiger partial charge on any atom is 0.419 e. The summed E-state index contributed by atoms with van der Waals surface area (Å²) < 4.78 is 12.3. The summed E-state index contributed by atoms with van der Waals surface area (Å²) >= 11 is 3.26. The van der Waals surface area contributed by atoms with Crippen molar-refractivity contribution in [2.24, 2.45) is 0 Å². The van der Waals surface area contributed by atoms with Gasteiger partial charge in [-0.25, -0.2) is 19.1 Å². The van der Waals surface area contributed by atoms with E-state index in [0.717, 1.165) is 12.8 Å². The molecule has 0 saturated heterocycles. The van der Waals surface area contributed by atoms with Crippen LogP contribution in [0, 0.1) is 0 Å². The summed E-state index contributed by atoms with van der Waals surface area (Å²) in [4.78, 5) is 28.7. The van der Waals surface area contributed by atoms with Crippen molar-refractivity contribution in [1.29, 1.82) is 0 Å². The number of hydrogen-bond acceptors (Lipinski definition) is 5. The first-order valence-electron chi connectivity index (χ1n) is 8.20. The maximum absolute atomic E-state index is 12.3. The standard InChI is InChI=1S/C17H26BrN3O4/c1-6-8-10-24-16(23)21-11-13(18)20-14(21)12(9-7-2)19-15(22)25-17(3,4)5/h7,11-12H,2,6,8-10H2,1,3-5H3,(H,19,22). The predicted octanol–water partition coefficient (Wildman–Crippen LogP) is 4.57. The number of nitrogens with one attached hydrogen (secondary N) is 1. The summed E-state index contributed by atoms with van der Waals surface area (Å²) in [6.07, 6.45) is 4.10. The minimum atomic E-state index is -0.627. The highest BCUT2D eigenvalue weighted by Crippen LogP contribution is 2.21. The molecule has 1 unspecified atom stereocenters. The van der Waals surface area contributed by atoms with Gasteiger partial charge in [-0.05, 0) is 49.5 Å². The second kappa shape index (κ2) is 9.60. The van der Waals surface area contributed by atoms with Crippen LogP contribution in [0.15, 0.2) is 23.5 Å². The molecule has 0 radical (unpaired) electrons. The quantitative estimate of drug-likeness (QED) is 0.520. The van der Waals surface area contributed by atoms with Crippen molar-refractivity contribution in [2.45, 2.75) is 58.6 Å². The van der Waals surface area contributed by atoms with Crippen molar-refractivity contribution < 1.29 is 19.1 Å². The Bertz CT molecular complexity index is 608. The van der Waals surface area contributed by atoms with Gasteiger partial charge in [-0.3, -0.25) is 0 Å². The lowest BCUT2D eigenvalue weighted by molar-refractivity contribution is 0.0500. The molecule has 140 valence electrons. The topological polar surface area (TPSA) is 82.5 Å². The Morgan fingerprint density at radius 2 is 2.16 bits per heavy atom. The molecule has 0 aromatic carbocycles. The zero-order valence-electron chi connectivity index (χ0n) is 15.2. The van der Waals surface area contributed by atoms with Crippen molar-refractivity contribution in [2.75, 3.05) is 6.61 Å². The Morgan fingerprint density at radius 3 is 2.72 bits per heavy atom. The Kier molecular flexibility index (Phi) is 8.15. The summed E-state index contributed by atoms with van der Waals surface area (Å²) in [5.41, 5.74) is -0.627. The van der Waals surface area contributed by atoms with Gasteiger partial charge in [-0.2, -0.15) is 0 Å². The Balaban J connectivity index is 2.97. The summed E-state index contributed by atoms with van der Waals surface area (Å²) in [7, 11) is 0. The summed E-state index contributed by atoms with van der Waals surface area (Å²) in [6.45, 7) is 11.4. The molecule has 0 aliphatic heterocycles. The van der Waals surface area contributed by atoms with E-state index in [1.54, 1.807) is 26.8 Å². The first-order chi connectivity index (χ1) is 11.7. The predicted molar refractivity (Wildman–Crippen MR) is 98.5 cm³/mol.